The lowest BCUT2D eigenvalue weighted by Gasteiger charge is -2.32. The second-order valence-corrected chi connectivity index (χ2v) is 6.17. The zero-order valence-electron chi connectivity index (χ0n) is 11.6. The van der Waals surface area contributed by atoms with Crippen LogP contribution >= 0.6 is 0 Å². The van der Waals surface area contributed by atoms with Gasteiger partial charge in [-0.25, -0.2) is 0 Å². The van der Waals surface area contributed by atoms with E-state index in [0.29, 0.717) is 11.4 Å². The molecule has 0 aliphatic heterocycles. The van der Waals surface area contributed by atoms with Crippen LogP contribution in [0.2, 0.25) is 0 Å². The number of nitrogens with one attached hydrogen (secondary N) is 2. The molecule has 1 heterocycles. The SMILES string of the molecule is CC(C)(C)CC(C)(C)NC=C(C#N)c1nn[nH]n1. The van der Waals surface area contributed by atoms with E-state index in [9.17, 15) is 0 Å². The summed E-state index contributed by atoms with van der Waals surface area (Å²) in [5, 5.41) is 25.6. The van der Waals surface area contributed by atoms with E-state index < -0.39 is 0 Å². The highest BCUT2D eigenvalue weighted by Crippen LogP contribution is 2.26. The minimum absolute atomic E-state index is 0.107. The van der Waals surface area contributed by atoms with E-state index in [2.05, 4.69) is 66.6 Å². The summed E-state index contributed by atoms with van der Waals surface area (Å²) in [5.74, 6) is 0.302. The van der Waals surface area contributed by atoms with Crippen molar-refractivity contribution in [3.05, 3.63) is 12.0 Å². The predicted octanol–water partition coefficient (Wildman–Crippen LogP) is 1.87. The van der Waals surface area contributed by atoms with Crippen LogP contribution in [-0.2, 0) is 0 Å². The van der Waals surface area contributed by atoms with Gasteiger partial charge in [-0.15, -0.1) is 10.2 Å². The molecule has 6 nitrogen and oxygen atoms in total. The number of H-pyrrole nitrogens is 1. The molecule has 0 amide bonds. The summed E-state index contributed by atoms with van der Waals surface area (Å²) in [6.45, 7) is 10.7. The van der Waals surface area contributed by atoms with Crippen LogP contribution in [0.4, 0.5) is 0 Å². The normalized spacial score (nSPS) is 13.2. The summed E-state index contributed by atoms with van der Waals surface area (Å²) in [4.78, 5) is 0. The lowest BCUT2D eigenvalue weighted by molar-refractivity contribution is 0.261. The first-order valence-corrected chi connectivity index (χ1v) is 5.85. The van der Waals surface area contributed by atoms with Crippen molar-refractivity contribution in [2.45, 2.75) is 46.6 Å². The number of aromatic amines is 1. The maximum Gasteiger partial charge on any atom is 0.216 e. The van der Waals surface area contributed by atoms with Crippen LogP contribution < -0.4 is 5.32 Å². The zero-order valence-corrected chi connectivity index (χ0v) is 11.6. The molecule has 0 spiro atoms. The molecule has 0 radical (unpaired) electrons. The maximum absolute atomic E-state index is 9.05. The minimum atomic E-state index is -0.107. The third-order valence-corrected chi connectivity index (χ3v) is 2.29. The predicted molar refractivity (Wildman–Crippen MR) is 69.1 cm³/mol. The molecule has 0 saturated heterocycles. The largest absolute Gasteiger partial charge is 0.385 e. The first kappa shape index (κ1) is 14.2. The van der Waals surface area contributed by atoms with Crippen LogP contribution in [0.1, 0.15) is 46.9 Å². The van der Waals surface area contributed by atoms with Gasteiger partial charge < -0.3 is 5.32 Å². The van der Waals surface area contributed by atoms with Gasteiger partial charge in [-0.05, 0) is 30.9 Å². The molecular weight excluding hydrogens is 228 g/mol. The molecule has 0 aromatic carbocycles. The van der Waals surface area contributed by atoms with Gasteiger partial charge in [-0.2, -0.15) is 10.5 Å². The highest BCUT2D eigenvalue weighted by molar-refractivity contribution is 5.71. The van der Waals surface area contributed by atoms with Crippen molar-refractivity contribution < 1.29 is 0 Å². The highest BCUT2D eigenvalue weighted by Gasteiger charge is 2.24. The topological polar surface area (TPSA) is 90.3 Å². The summed E-state index contributed by atoms with van der Waals surface area (Å²) in [5.41, 5.74) is 0.471. The van der Waals surface area contributed by atoms with Crippen LogP contribution in [0.15, 0.2) is 6.20 Å². The third-order valence-electron chi connectivity index (χ3n) is 2.29. The fraction of sp³-hybridized carbons (Fsp3) is 0.667. The number of nitriles is 1. The number of nitrogens with zero attached hydrogens (tertiary/aromatic N) is 4. The Morgan fingerprint density at radius 2 is 2.06 bits per heavy atom. The quantitative estimate of drug-likeness (QED) is 0.794. The summed E-state index contributed by atoms with van der Waals surface area (Å²) in [7, 11) is 0. The molecule has 0 fully saturated rings. The molecule has 6 heteroatoms. The van der Waals surface area contributed by atoms with Crippen molar-refractivity contribution in [1.82, 2.24) is 25.9 Å². The number of tetrazole rings is 1. The van der Waals surface area contributed by atoms with Gasteiger partial charge in [0.25, 0.3) is 0 Å². The fourth-order valence-corrected chi connectivity index (χ4v) is 2.07. The van der Waals surface area contributed by atoms with Gasteiger partial charge in [0.15, 0.2) is 0 Å². The number of hydrogen-bond acceptors (Lipinski definition) is 5. The van der Waals surface area contributed by atoms with Crippen molar-refractivity contribution >= 4 is 5.57 Å². The first-order chi connectivity index (χ1) is 8.23. The smallest absolute Gasteiger partial charge is 0.216 e. The Morgan fingerprint density at radius 1 is 1.39 bits per heavy atom. The van der Waals surface area contributed by atoms with Gasteiger partial charge in [0.1, 0.15) is 11.6 Å². The van der Waals surface area contributed by atoms with Gasteiger partial charge in [0, 0.05) is 11.7 Å². The average Bonchev–Trinajstić information content (AvgIpc) is 2.68. The zero-order chi connectivity index (χ0) is 13.8. The maximum atomic E-state index is 9.05. The Labute approximate surface area is 107 Å². The van der Waals surface area contributed by atoms with E-state index in [1.165, 1.54) is 0 Å². The van der Waals surface area contributed by atoms with Gasteiger partial charge in [-0.1, -0.05) is 20.8 Å². The highest BCUT2D eigenvalue weighted by atomic mass is 15.5. The third kappa shape index (κ3) is 4.53. The monoisotopic (exact) mass is 248 g/mol. The molecule has 0 aliphatic rings. The molecule has 0 bridgehead atoms. The molecular formula is C12H20N6. The van der Waals surface area contributed by atoms with Gasteiger partial charge in [0.2, 0.25) is 5.82 Å². The molecule has 1 aromatic heterocycles. The summed E-state index contributed by atoms with van der Waals surface area (Å²) >= 11 is 0. The molecule has 1 rings (SSSR count). The molecule has 18 heavy (non-hydrogen) atoms. The Hall–Kier alpha value is -1.90. The van der Waals surface area contributed by atoms with E-state index >= 15 is 0 Å². The van der Waals surface area contributed by atoms with Crippen molar-refractivity contribution in [2.75, 3.05) is 0 Å². The van der Waals surface area contributed by atoms with Crippen molar-refractivity contribution in [2.24, 2.45) is 5.41 Å². The minimum Gasteiger partial charge on any atom is -0.385 e. The van der Waals surface area contributed by atoms with Crippen LogP contribution in [-0.4, -0.2) is 26.2 Å². The molecule has 0 aliphatic carbocycles. The molecule has 0 unspecified atom stereocenters. The lowest BCUT2D eigenvalue weighted by atomic mass is 9.82. The van der Waals surface area contributed by atoms with Crippen molar-refractivity contribution in [3.8, 4) is 6.07 Å². The summed E-state index contributed by atoms with van der Waals surface area (Å²) in [6, 6.07) is 2.05. The van der Waals surface area contributed by atoms with Crippen LogP contribution in [0.25, 0.3) is 5.57 Å². The van der Waals surface area contributed by atoms with Gasteiger partial charge in [0.05, 0.1) is 0 Å². The Kier molecular flexibility index (Phi) is 4.07. The van der Waals surface area contributed by atoms with E-state index in [0.717, 1.165) is 6.42 Å². The number of allylic oxidation sites excluding steroid dienone is 1. The second kappa shape index (κ2) is 5.17. The van der Waals surface area contributed by atoms with Gasteiger partial charge >= 0.3 is 0 Å². The van der Waals surface area contributed by atoms with Gasteiger partial charge in [-0.3, -0.25) is 0 Å². The van der Waals surface area contributed by atoms with E-state index in [4.69, 9.17) is 5.26 Å². The summed E-state index contributed by atoms with van der Waals surface area (Å²) in [6.07, 6.45) is 2.62. The number of hydrogen-bond donors (Lipinski definition) is 2. The summed E-state index contributed by atoms with van der Waals surface area (Å²) < 4.78 is 0. The Balaban J connectivity index is 2.76. The van der Waals surface area contributed by atoms with E-state index in [1.54, 1.807) is 6.20 Å². The fourth-order valence-electron chi connectivity index (χ4n) is 2.07. The molecule has 2 N–H and O–H groups in total. The van der Waals surface area contributed by atoms with E-state index in [1.807, 2.05) is 0 Å². The Morgan fingerprint density at radius 3 is 2.50 bits per heavy atom. The molecule has 98 valence electrons. The van der Waals surface area contributed by atoms with Crippen LogP contribution in [0.5, 0.6) is 0 Å². The molecule has 0 saturated carbocycles. The molecule has 0 atom stereocenters. The van der Waals surface area contributed by atoms with E-state index in [-0.39, 0.29) is 11.0 Å². The lowest BCUT2D eigenvalue weighted by Crippen LogP contribution is -2.39. The van der Waals surface area contributed by atoms with Crippen molar-refractivity contribution in [3.63, 3.8) is 0 Å². The first-order valence-electron chi connectivity index (χ1n) is 5.85. The van der Waals surface area contributed by atoms with Crippen LogP contribution in [0, 0.1) is 16.7 Å². The number of rotatable bonds is 4. The average molecular weight is 248 g/mol. The second-order valence-electron chi connectivity index (χ2n) is 6.17. The number of aromatic nitrogens is 4. The molecule has 1 aromatic rings. The standard InChI is InChI=1S/C12H20N6/c1-11(2,3)8-12(4,5)14-7-9(6-13)10-15-17-18-16-10/h7,14H,8H2,1-5H3,(H,15,16,17,18). The Bertz CT molecular complexity index is 444. The van der Waals surface area contributed by atoms with Crippen molar-refractivity contribution in [1.29, 1.82) is 5.26 Å². The van der Waals surface area contributed by atoms with Crippen LogP contribution in [0.3, 0.4) is 0 Å².